The summed E-state index contributed by atoms with van der Waals surface area (Å²) in [4.78, 5) is 12.9. The molecule has 1 aliphatic carbocycles. The Balaban J connectivity index is 0.00000144. The van der Waals surface area contributed by atoms with E-state index in [4.69, 9.17) is 0 Å². The Morgan fingerprint density at radius 3 is 2.39 bits per heavy atom. The van der Waals surface area contributed by atoms with E-state index in [0.29, 0.717) is 19.8 Å². The molecule has 1 saturated carbocycles. The Hall–Kier alpha value is -0.863. The van der Waals surface area contributed by atoms with Gasteiger partial charge in [0.1, 0.15) is 0 Å². The van der Waals surface area contributed by atoms with E-state index in [-0.39, 0.29) is 20.3 Å². The monoisotopic (exact) mass is 318 g/mol. The number of carbonyl (C=O) groups excluding carboxylic acids is 1. The van der Waals surface area contributed by atoms with Gasteiger partial charge in [-0.15, -0.1) is 0 Å². The van der Waals surface area contributed by atoms with Crippen LogP contribution < -0.4 is 18.9 Å². The molecular weight excluding hydrogens is 294 g/mol. The molecule has 3 rings (SSSR count). The summed E-state index contributed by atoms with van der Waals surface area (Å²) in [5.41, 5.74) is 5.25. The van der Waals surface area contributed by atoms with Crippen LogP contribution in [0.4, 0.5) is 0 Å². The van der Waals surface area contributed by atoms with Crippen molar-refractivity contribution in [1.82, 2.24) is 0 Å². The Labute approximate surface area is 154 Å². The molecule has 0 radical (unpaired) electrons. The van der Waals surface area contributed by atoms with Crippen molar-refractivity contribution in [3.05, 3.63) is 59.7 Å². The second-order valence-corrected chi connectivity index (χ2v) is 7.73. The van der Waals surface area contributed by atoms with Crippen LogP contribution >= 0.6 is 8.58 Å². The van der Waals surface area contributed by atoms with Gasteiger partial charge in [-0.25, -0.2) is 0 Å². The molecule has 0 aromatic heterocycles. The van der Waals surface area contributed by atoms with Crippen LogP contribution in [0.1, 0.15) is 49.5 Å². The van der Waals surface area contributed by atoms with E-state index in [1.165, 1.54) is 32.1 Å². The van der Waals surface area contributed by atoms with Crippen molar-refractivity contribution in [1.29, 1.82) is 0 Å². The van der Waals surface area contributed by atoms with Crippen molar-refractivity contribution < 1.29 is 25.1 Å². The molecular formula is C20H24LiOP. The summed E-state index contributed by atoms with van der Waals surface area (Å²) in [6, 6.07) is 16.5. The zero-order valence-electron chi connectivity index (χ0n) is 15.1. The molecule has 1 nitrogen and oxygen atoms in total. The van der Waals surface area contributed by atoms with Crippen LogP contribution in [0.15, 0.2) is 48.5 Å². The van der Waals surface area contributed by atoms with Gasteiger partial charge in [-0.05, 0) is 50.7 Å². The van der Waals surface area contributed by atoms with Crippen molar-refractivity contribution in [3.63, 3.8) is 0 Å². The van der Waals surface area contributed by atoms with Gasteiger partial charge in [0.25, 0.3) is 0 Å². The van der Waals surface area contributed by atoms with E-state index in [2.05, 4.69) is 37.3 Å². The maximum atomic E-state index is 12.9. The summed E-state index contributed by atoms with van der Waals surface area (Å²) in [7, 11) is 0.431. The number of rotatable bonds is 4. The van der Waals surface area contributed by atoms with Crippen LogP contribution in [-0.4, -0.2) is 11.2 Å². The smallest absolute Gasteiger partial charge is 1.00 e. The minimum atomic E-state index is 0. The molecule has 0 heterocycles. The van der Waals surface area contributed by atoms with E-state index < -0.39 is 0 Å². The number of hydrogen-bond acceptors (Lipinski definition) is 1. The van der Waals surface area contributed by atoms with Gasteiger partial charge < -0.3 is 1.43 Å². The van der Waals surface area contributed by atoms with Crippen LogP contribution in [0.3, 0.4) is 0 Å². The number of hydrogen-bond donors (Lipinski definition) is 0. The Morgan fingerprint density at radius 2 is 1.70 bits per heavy atom. The zero-order chi connectivity index (χ0) is 15.4. The molecule has 116 valence electrons. The molecule has 0 saturated heterocycles. The van der Waals surface area contributed by atoms with Gasteiger partial charge in [0.05, 0.1) is 0 Å². The molecule has 3 heteroatoms. The van der Waals surface area contributed by atoms with E-state index in [9.17, 15) is 4.79 Å². The Bertz CT molecular complexity index is 654. The fraction of sp³-hybridized carbons (Fsp3) is 0.350. The average Bonchev–Trinajstić information content (AvgIpc) is 2.56. The predicted molar refractivity (Wildman–Crippen MR) is 97.2 cm³/mol. The fourth-order valence-corrected chi connectivity index (χ4v) is 4.88. The molecule has 0 N–H and O–H groups in total. The van der Waals surface area contributed by atoms with Gasteiger partial charge in [0.15, 0.2) is 5.52 Å². The van der Waals surface area contributed by atoms with Gasteiger partial charge in [-0.1, -0.05) is 67.8 Å². The minimum Gasteiger partial charge on any atom is -1.00 e. The van der Waals surface area contributed by atoms with Crippen molar-refractivity contribution >= 4 is 14.1 Å². The molecule has 23 heavy (non-hydrogen) atoms. The quantitative estimate of drug-likeness (QED) is 0.626. The summed E-state index contributed by atoms with van der Waals surface area (Å²) >= 11 is 0. The average molecular weight is 318 g/mol. The van der Waals surface area contributed by atoms with Gasteiger partial charge >= 0.3 is 18.9 Å². The van der Waals surface area contributed by atoms with Crippen LogP contribution in [0.5, 0.6) is 0 Å². The van der Waals surface area contributed by atoms with E-state index in [1.807, 2.05) is 18.2 Å². The first-order chi connectivity index (χ1) is 10.8. The summed E-state index contributed by atoms with van der Waals surface area (Å²) in [5.74, 6) is 0. The second kappa shape index (κ2) is 8.84. The number of benzene rings is 2. The summed E-state index contributed by atoms with van der Waals surface area (Å²) in [5, 5.41) is 0. The third-order valence-electron chi connectivity index (χ3n) is 4.53. The van der Waals surface area contributed by atoms with Gasteiger partial charge in [-0.2, -0.15) is 0 Å². The van der Waals surface area contributed by atoms with Crippen LogP contribution in [-0.2, 0) is 0 Å². The van der Waals surface area contributed by atoms with Crippen molar-refractivity contribution in [2.75, 3.05) is 0 Å². The topological polar surface area (TPSA) is 17.1 Å². The molecule has 2 aromatic rings. The van der Waals surface area contributed by atoms with Crippen molar-refractivity contribution in [3.8, 4) is 11.1 Å². The predicted octanol–water partition coefficient (Wildman–Crippen LogP) is 2.93. The van der Waals surface area contributed by atoms with Crippen LogP contribution in [0.2, 0.25) is 0 Å². The molecule has 0 bridgehead atoms. The number of carbonyl (C=O) groups is 1. The van der Waals surface area contributed by atoms with Gasteiger partial charge in [0, 0.05) is 5.56 Å². The Morgan fingerprint density at radius 1 is 1.00 bits per heavy atom. The largest absolute Gasteiger partial charge is 1.00 e. The summed E-state index contributed by atoms with van der Waals surface area (Å²) in [6.45, 7) is 2.06. The van der Waals surface area contributed by atoms with E-state index >= 15 is 0 Å². The molecule has 0 spiro atoms. The maximum absolute atomic E-state index is 12.9. The molecule has 1 fully saturated rings. The van der Waals surface area contributed by atoms with Gasteiger partial charge in [-0.3, -0.25) is 4.79 Å². The van der Waals surface area contributed by atoms with Crippen LogP contribution in [0, 0.1) is 6.92 Å². The molecule has 1 atom stereocenters. The Kier molecular flexibility index (Phi) is 7.10. The second-order valence-electron chi connectivity index (χ2n) is 6.17. The summed E-state index contributed by atoms with van der Waals surface area (Å²) in [6.07, 6.45) is 6.40. The van der Waals surface area contributed by atoms with Crippen molar-refractivity contribution in [2.24, 2.45) is 0 Å². The maximum Gasteiger partial charge on any atom is 1.00 e. The first-order valence-corrected chi connectivity index (χ1v) is 9.29. The molecule has 2 aromatic carbocycles. The summed E-state index contributed by atoms with van der Waals surface area (Å²) < 4.78 is 0. The third kappa shape index (κ3) is 4.57. The molecule has 0 amide bonds. The molecule has 1 unspecified atom stereocenters. The van der Waals surface area contributed by atoms with E-state index in [0.717, 1.165) is 22.3 Å². The standard InChI is InChI=1S/C20H23OP.Li.H/c1-15-9-8-14-18(16-10-4-2-5-11-16)19(15)20(21)22-17-12-6-3-7-13-17;;/h2,4-5,8-11,14,17,22H,3,6-7,12-13H2,1H3;;/q;+1;-1. The van der Waals surface area contributed by atoms with Crippen molar-refractivity contribution in [2.45, 2.75) is 44.7 Å². The first-order valence-electron chi connectivity index (χ1n) is 8.21. The minimum absolute atomic E-state index is 0. The molecule has 1 aliphatic rings. The van der Waals surface area contributed by atoms with Gasteiger partial charge in [0.2, 0.25) is 0 Å². The van der Waals surface area contributed by atoms with E-state index in [1.54, 1.807) is 0 Å². The van der Waals surface area contributed by atoms with Crippen LogP contribution in [0.25, 0.3) is 11.1 Å². The fourth-order valence-electron chi connectivity index (χ4n) is 3.33. The normalized spacial score (nSPS) is 15.5. The molecule has 0 aliphatic heterocycles. The SMILES string of the molecule is Cc1cccc(-c2ccccc2)c1C(=O)PC1CCCCC1.[H-].[Li+]. The number of aryl methyl sites for hydroxylation is 1. The first kappa shape index (κ1) is 18.5. The third-order valence-corrected chi connectivity index (χ3v) is 6.02. The zero-order valence-corrected chi connectivity index (χ0v) is 15.1.